The highest BCUT2D eigenvalue weighted by Gasteiger charge is 1.86. The Morgan fingerprint density at radius 1 is 1.40 bits per heavy atom. The molecule has 0 fully saturated rings. The maximum Gasteiger partial charge on any atom is 0.116 e. The summed E-state index contributed by atoms with van der Waals surface area (Å²) in [6.45, 7) is 6.77. The quantitative estimate of drug-likeness (QED) is 0.487. The van der Waals surface area contributed by atoms with Gasteiger partial charge in [-0.15, -0.1) is 0 Å². The van der Waals surface area contributed by atoms with Crippen molar-refractivity contribution in [3.63, 3.8) is 0 Å². The van der Waals surface area contributed by atoms with Gasteiger partial charge in [0, 0.05) is 5.33 Å². The van der Waals surface area contributed by atoms with Crippen LogP contribution in [0.5, 0.6) is 0 Å². The molecule has 10 heavy (non-hydrogen) atoms. The zero-order chi connectivity index (χ0) is 7.98. The molecule has 0 atom stereocenters. The Kier molecular flexibility index (Phi) is 5.22. The second-order valence-electron chi connectivity index (χ2n) is 1.88. The smallest absolute Gasteiger partial charge is 0.116 e. The maximum absolute atomic E-state index is 12.0. The van der Waals surface area contributed by atoms with E-state index in [0.717, 1.165) is 17.3 Å². The molecule has 0 radical (unpaired) electrons. The highest BCUT2D eigenvalue weighted by Crippen LogP contribution is 2.04. The normalized spacial score (nSPS) is 10.2. The topological polar surface area (TPSA) is 0 Å². The Morgan fingerprint density at radius 3 is 2.40 bits per heavy atom. The minimum atomic E-state index is -0.435. The lowest BCUT2D eigenvalue weighted by atomic mass is 10.2. The van der Waals surface area contributed by atoms with E-state index in [-0.39, 0.29) is 0 Å². The first-order valence-corrected chi connectivity index (χ1v) is 4.05. The summed E-state index contributed by atoms with van der Waals surface area (Å²) in [6, 6.07) is 0. The monoisotopic (exact) mass is 204 g/mol. The highest BCUT2D eigenvalue weighted by molar-refractivity contribution is 9.09. The van der Waals surface area contributed by atoms with Gasteiger partial charge >= 0.3 is 0 Å². The van der Waals surface area contributed by atoms with Crippen molar-refractivity contribution in [1.82, 2.24) is 0 Å². The summed E-state index contributed by atoms with van der Waals surface area (Å²) in [7, 11) is 0. The van der Waals surface area contributed by atoms with Gasteiger partial charge in [0.15, 0.2) is 0 Å². The summed E-state index contributed by atoms with van der Waals surface area (Å²) in [5.74, 6) is -0.435. The van der Waals surface area contributed by atoms with Gasteiger partial charge in [-0.1, -0.05) is 40.7 Å². The Bertz CT molecular complexity index is 159. The molecule has 2 heteroatoms. The fraction of sp³-hybridized carbons (Fsp3) is 0.250. The van der Waals surface area contributed by atoms with Crippen molar-refractivity contribution in [3.8, 4) is 0 Å². The third-order valence-corrected chi connectivity index (χ3v) is 1.31. The lowest BCUT2D eigenvalue weighted by Gasteiger charge is -1.91. The van der Waals surface area contributed by atoms with E-state index in [1.807, 2.05) is 0 Å². The van der Waals surface area contributed by atoms with Crippen molar-refractivity contribution < 1.29 is 4.39 Å². The number of allylic oxidation sites excluding steroid dienone is 4. The Labute approximate surface area is 69.3 Å². The summed E-state index contributed by atoms with van der Waals surface area (Å²) in [6.07, 6.45) is 3.78. The molecule has 0 aliphatic rings. The Balaban J connectivity index is 3.67. The van der Waals surface area contributed by atoms with E-state index >= 15 is 0 Å². The van der Waals surface area contributed by atoms with Crippen molar-refractivity contribution in [2.45, 2.75) is 6.42 Å². The van der Waals surface area contributed by atoms with E-state index in [0.29, 0.717) is 0 Å². The molecular formula is C8H10BrF. The number of hydrogen-bond donors (Lipinski definition) is 0. The average molecular weight is 205 g/mol. The van der Waals surface area contributed by atoms with Gasteiger partial charge in [0.05, 0.1) is 0 Å². The van der Waals surface area contributed by atoms with Gasteiger partial charge in [0.1, 0.15) is 5.83 Å². The lowest BCUT2D eigenvalue weighted by Crippen LogP contribution is -1.76. The number of hydrogen-bond acceptors (Lipinski definition) is 0. The van der Waals surface area contributed by atoms with Crippen LogP contribution in [-0.2, 0) is 0 Å². The van der Waals surface area contributed by atoms with E-state index in [9.17, 15) is 4.39 Å². The molecule has 0 aromatic carbocycles. The molecule has 0 unspecified atom stereocenters. The minimum absolute atomic E-state index is 0.435. The zero-order valence-electron chi connectivity index (χ0n) is 5.74. The maximum atomic E-state index is 12.0. The third-order valence-electron chi connectivity index (χ3n) is 0.915. The summed E-state index contributed by atoms with van der Waals surface area (Å²) >= 11 is 3.25. The average Bonchev–Trinajstić information content (AvgIpc) is 1.85. The number of alkyl halides is 1. The molecule has 0 aromatic heterocycles. The molecule has 0 N–H and O–H groups in total. The summed E-state index contributed by atoms with van der Waals surface area (Å²) in [4.78, 5) is 0. The number of halogens is 2. The van der Waals surface area contributed by atoms with Crippen molar-refractivity contribution in [2.75, 3.05) is 5.33 Å². The van der Waals surface area contributed by atoms with Crippen LogP contribution < -0.4 is 0 Å². The molecular weight excluding hydrogens is 195 g/mol. The Morgan fingerprint density at radius 2 is 2.00 bits per heavy atom. The minimum Gasteiger partial charge on any atom is -0.208 e. The van der Waals surface area contributed by atoms with E-state index in [2.05, 4.69) is 29.1 Å². The van der Waals surface area contributed by atoms with Crippen LogP contribution in [0.1, 0.15) is 6.42 Å². The van der Waals surface area contributed by atoms with E-state index < -0.39 is 5.83 Å². The molecule has 0 aromatic rings. The first-order valence-electron chi connectivity index (χ1n) is 2.93. The van der Waals surface area contributed by atoms with Crippen molar-refractivity contribution >= 4 is 15.9 Å². The van der Waals surface area contributed by atoms with Crippen molar-refractivity contribution in [3.05, 3.63) is 36.7 Å². The van der Waals surface area contributed by atoms with Crippen molar-refractivity contribution in [2.24, 2.45) is 0 Å². The van der Waals surface area contributed by atoms with Gasteiger partial charge in [-0.05, 0) is 12.5 Å². The van der Waals surface area contributed by atoms with Crippen LogP contribution in [0, 0.1) is 0 Å². The van der Waals surface area contributed by atoms with Crippen LogP contribution in [-0.4, -0.2) is 5.33 Å². The summed E-state index contributed by atoms with van der Waals surface area (Å²) in [5, 5.41) is 0.856. The molecule has 0 amide bonds. The largest absolute Gasteiger partial charge is 0.208 e. The molecule has 0 saturated carbocycles. The van der Waals surface area contributed by atoms with Crippen LogP contribution >= 0.6 is 15.9 Å². The van der Waals surface area contributed by atoms with Gasteiger partial charge in [0.25, 0.3) is 0 Å². The molecule has 0 aliphatic heterocycles. The predicted molar refractivity (Wildman–Crippen MR) is 46.9 cm³/mol. The second kappa shape index (κ2) is 5.42. The first kappa shape index (κ1) is 9.63. The van der Waals surface area contributed by atoms with Crippen LogP contribution in [0.2, 0.25) is 0 Å². The van der Waals surface area contributed by atoms with Crippen LogP contribution in [0.4, 0.5) is 4.39 Å². The molecule has 0 spiro atoms. The van der Waals surface area contributed by atoms with E-state index in [1.165, 1.54) is 6.08 Å². The van der Waals surface area contributed by atoms with E-state index in [1.54, 1.807) is 6.08 Å². The second-order valence-corrected chi connectivity index (χ2v) is 2.67. The highest BCUT2D eigenvalue weighted by atomic mass is 79.9. The Hall–Kier alpha value is -0.370. The molecule has 0 aliphatic carbocycles. The fourth-order valence-electron chi connectivity index (χ4n) is 0.413. The molecule has 0 heterocycles. The van der Waals surface area contributed by atoms with Gasteiger partial charge < -0.3 is 0 Å². The molecule has 56 valence electrons. The summed E-state index contributed by atoms with van der Waals surface area (Å²) in [5.41, 5.74) is 0.899. The third kappa shape index (κ3) is 5.76. The number of rotatable bonds is 4. The van der Waals surface area contributed by atoms with Gasteiger partial charge in [0.2, 0.25) is 0 Å². The van der Waals surface area contributed by atoms with E-state index in [4.69, 9.17) is 0 Å². The molecule has 0 rings (SSSR count). The lowest BCUT2D eigenvalue weighted by molar-refractivity contribution is 0.671. The van der Waals surface area contributed by atoms with Crippen molar-refractivity contribution in [1.29, 1.82) is 0 Å². The first-order chi connectivity index (χ1) is 4.66. The van der Waals surface area contributed by atoms with Crippen LogP contribution in [0.25, 0.3) is 0 Å². The fourth-order valence-corrected chi connectivity index (χ4v) is 0.922. The standard InChI is InChI=1S/C8H10BrF/c1-7(5-6-9)3-4-8(2)10/h3-4H,1-2,5-6H2/b4-3-. The molecule has 0 saturated heterocycles. The van der Waals surface area contributed by atoms with Gasteiger partial charge in [-0.25, -0.2) is 4.39 Å². The van der Waals surface area contributed by atoms with Crippen LogP contribution in [0.15, 0.2) is 36.7 Å². The summed E-state index contributed by atoms with van der Waals surface area (Å²) < 4.78 is 12.0. The zero-order valence-corrected chi connectivity index (χ0v) is 7.33. The van der Waals surface area contributed by atoms with Gasteiger partial charge in [-0.2, -0.15) is 0 Å². The predicted octanol–water partition coefficient (Wildman–Crippen LogP) is 3.37. The van der Waals surface area contributed by atoms with Gasteiger partial charge in [-0.3, -0.25) is 0 Å². The molecule has 0 bridgehead atoms. The molecule has 0 nitrogen and oxygen atoms in total. The SMILES string of the molecule is C=C(F)/C=C\C(=C)CCBr. The van der Waals surface area contributed by atoms with Crippen LogP contribution in [0.3, 0.4) is 0 Å².